The second-order valence-corrected chi connectivity index (χ2v) is 4.84. The normalized spacial score (nSPS) is 10.6. The van der Waals surface area contributed by atoms with Crippen LogP contribution in [-0.2, 0) is 0 Å². The first-order chi connectivity index (χ1) is 10.1. The number of hydrazone groups is 1. The molecule has 0 aliphatic carbocycles. The van der Waals surface area contributed by atoms with Gasteiger partial charge in [0.25, 0.3) is 5.91 Å². The lowest BCUT2D eigenvalue weighted by atomic mass is 10.1. The van der Waals surface area contributed by atoms with Crippen molar-refractivity contribution in [2.75, 3.05) is 7.11 Å². The minimum Gasteiger partial charge on any atom is -0.497 e. The summed E-state index contributed by atoms with van der Waals surface area (Å²) in [5.41, 5.74) is 4.72. The fourth-order valence-corrected chi connectivity index (χ4v) is 1.83. The Morgan fingerprint density at radius 3 is 2.57 bits per heavy atom. The van der Waals surface area contributed by atoms with Gasteiger partial charge in [-0.15, -0.1) is 0 Å². The first-order valence-corrected chi connectivity index (χ1v) is 6.71. The van der Waals surface area contributed by atoms with E-state index in [0.29, 0.717) is 10.6 Å². The molecule has 21 heavy (non-hydrogen) atoms. The van der Waals surface area contributed by atoms with Gasteiger partial charge >= 0.3 is 0 Å². The Labute approximate surface area is 128 Å². The van der Waals surface area contributed by atoms with E-state index in [4.69, 9.17) is 16.3 Å². The number of hydrogen-bond acceptors (Lipinski definition) is 3. The van der Waals surface area contributed by atoms with Crippen LogP contribution in [-0.4, -0.2) is 19.2 Å². The number of aryl methyl sites for hydroxylation is 1. The summed E-state index contributed by atoms with van der Waals surface area (Å²) in [4.78, 5) is 11.9. The number of methoxy groups -OCH3 is 1. The standard InChI is InChI=1S/C16H15ClN2O2/c1-11-3-6-13(9-15(11)17)16(20)19-18-10-12-4-7-14(21-2)8-5-12/h3-10H,1-2H3,(H,19,20)/b18-10+. The van der Waals surface area contributed by atoms with Crippen LogP contribution in [0.2, 0.25) is 5.02 Å². The van der Waals surface area contributed by atoms with Crippen LogP contribution in [0.5, 0.6) is 5.75 Å². The number of benzene rings is 2. The van der Waals surface area contributed by atoms with Gasteiger partial charge in [0.05, 0.1) is 13.3 Å². The summed E-state index contributed by atoms with van der Waals surface area (Å²) in [5.74, 6) is 0.465. The molecular weight excluding hydrogens is 288 g/mol. The quantitative estimate of drug-likeness (QED) is 0.695. The summed E-state index contributed by atoms with van der Waals surface area (Å²) in [6.45, 7) is 1.88. The highest BCUT2D eigenvalue weighted by Gasteiger charge is 2.05. The zero-order valence-electron chi connectivity index (χ0n) is 11.8. The highest BCUT2D eigenvalue weighted by Crippen LogP contribution is 2.16. The Hall–Kier alpha value is -2.33. The maximum Gasteiger partial charge on any atom is 0.271 e. The summed E-state index contributed by atoms with van der Waals surface area (Å²) in [7, 11) is 1.61. The minimum absolute atomic E-state index is 0.304. The molecule has 2 aromatic rings. The monoisotopic (exact) mass is 302 g/mol. The van der Waals surface area contributed by atoms with Crippen LogP contribution < -0.4 is 10.2 Å². The van der Waals surface area contributed by atoms with Gasteiger partial charge in [-0.25, -0.2) is 5.43 Å². The van der Waals surface area contributed by atoms with E-state index >= 15 is 0 Å². The lowest BCUT2D eigenvalue weighted by molar-refractivity contribution is 0.0955. The number of hydrogen-bond donors (Lipinski definition) is 1. The van der Waals surface area contributed by atoms with Gasteiger partial charge in [0, 0.05) is 10.6 Å². The third kappa shape index (κ3) is 4.07. The van der Waals surface area contributed by atoms with E-state index in [9.17, 15) is 4.79 Å². The number of carbonyl (C=O) groups is 1. The highest BCUT2D eigenvalue weighted by atomic mass is 35.5. The molecule has 0 radical (unpaired) electrons. The van der Waals surface area contributed by atoms with Gasteiger partial charge in [-0.3, -0.25) is 4.79 Å². The van der Waals surface area contributed by atoms with Gasteiger partial charge in [-0.05, 0) is 54.4 Å². The molecule has 0 aliphatic heterocycles. The van der Waals surface area contributed by atoms with Crippen LogP contribution >= 0.6 is 11.6 Å². The van der Waals surface area contributed by atoms with Crippen LogP contribution in [0.3, 0.4) is 0 Å². The molecule has 0 aliphatic rings. The molecular formula is C16H15ClN2O2. The largest absolute Gasteiger partial charge is 0.497 e. The van der Waals surface area contributed by atoms with E-state index in [1.54, 1.807) is 31.5 Å². The van der Waals surface area contributed by atoms with Crippen molar-refractivity contribution >= 4 is 23.7 Å². The lowest BCUT2D eigenvalue weighted by Gasteiger charge is -2.02. The molecule has 0 fully saturated rings. The minimum atomic E-state index is -0.304. The second-order valence-electron chi connectivity index (χ2n) is 4.44. The average molecular weight is 303 g/mol. The van der Waals surface area contributed by atoms with Gasteiger partial charge < -0.3 is 4.74 Å². The van der Waals surface area contributed by atoms with Crippen molar-refractivity contribution in [1.82, 2.24) is 5.43 Å². The van der Waals surface area contributed by atoms with Crippen molar-refractivity contribution in [3.63, 3.8) is 0 Å². The summed E-state index contributed by atoms with van der Waals surface area (Å²) in [5, 5.41) is 4.47. The fraction of sp³-hybridized carbons (Fsp3) is 0.125. The molecule has 108 valence electrons. The highest BCUT2D eigenvalue weighted by molar-refractivity contribution is 6.31. The molecule has 0 bridgehead atoms. The van der Waals surface area contributed by atoms with Crippen LogP contribution in [0, 0.1) is 6.92 Å². The zero-order valence-corrected chi connectivity index (χ0v) is 12.5. The molecule has 5 heteroatoms. The molecule has 2 aromatic carbocycles. The molecule has 4 nitrogen and oxygen atoms in total. The smallest absolute Gasteiger partial charge is 0.271 e. The molecule has 0 saturated heterocycles. The van der Waals surface area contributed by atoms with E-state index in [0.717, 1.165) is 16.9 Å². The summed E-state index contributed by atoms with van der Waals surface area (Å²) in [6, 6.07) is 12.5. The number of rotatable bonds is 4. The maximum absolute atomic E-state index is 11.9. The molecule has 0 atom stereocenters. The third-order valence-corrected chi connectivity index (χ3v) is 3.34. The number of halogens is 1. The van der Waals surface area contributed by atoms with Crippen LogP contribution in [0.15, 0.2) is 47.6 Å². The zero-order chi connectivity index (χ0) is 15.2. The number of amides is 1. The molecule has 1 N–H and O–H groups in total. The Kier molecular flexibility index (Phi) is 4.95. The van der Waals surface area contributed by atoms with E-state index in [1.165, 1.54) is 0 Å². The Bertz CT molecular complexity index is 666. The van der Waals surface area contributed by atoms with E-state index < -0.39 is 0 Å². The topological polar surface area (TPSA) is 50.7 Å². The van der Waals surface area contributed by atoms with Gasteiger partial charge in [0.15, 0.2) is 0 Å². The van der Waals surface area contributed by atoms with Crippen molar-refractivity contribution in [3.8, 4) is 5.75 Å². The van der Waals surface area contributed by atoms with Crippen molar-refractivity contribution in [2.24, 2.45) is 5.10 Å². The molecule has 0 aromatic heterocycles. The molecule has 1 amide bonds. The number of carbonyl (C=O) groups excluding carboxylic acids is 1. The number of nitrogens with one attached hydrogen (secondary N) is 1. The fourth-order valence-electron chi connectivity index (χ4n) is 1.65. The molecule has 0 heterocycles. The predicted octanol–water partition coefficient (Wildman–Crippen LogP) is 3.42. The average Bonchev–Trinajstić information content (AvgIpc) is 2.50. The van der Waals surface area contributed by atoms with E-state index in [2.05, 4.69) is 10.5 Å². The predicted molar refractivity (Wildman–Crippen MR) is 84.2 cm³/mol. The molecule has 0 spiro atoms. The number of ether oxygens (including phenoxy) is 1. The molecule has 0 saturated carbocycles. The van der Waals surface area contributed by atoms with Gasteiger partial charge in [0.1, 0.15) is 5.75 Å². The summed E-state index contributed by atoms with van der Waals surface area (Å²) < 4.78 is 5.06. The first-order valence-electron chi connectivity index (χ1n) is 6.34. The van der Waals surface area contributed by atoms with Crippen molar-refractivity contribution < 1.29 is 9.53 Å². The molecule has 0 unspecified atom stereocenters. The summed E-state index contributed by atoms with van der Waals surface area (Å²) in [6.07, 6.45) is 1.56. The van der Waals surface area contributed by atoms with Gasteiger partial charge in [-0.1, -0.05) is 17.7 Å². The number of nitrogens with zero attached hydrogens (tertiary/aromatic N) is 1. The first kappa shape index (κ1) is 15.1. The van der Waals surface area contributed by atoms with Crippen molar-refractivity contribution in [2.45, 2.75) is 6.92 Å². The molecule has 2 rings (SSSR count). The van der Waals surface area contributed by atoms with Crippen molar-refractivity contribution in [1.29, 1.82) is 0 Å². The summed E-state index contributed by atoms with van der Waals surface area (Å²) >= 11 is 5.99. The Balaban J connectivity index is 1.99. The Morgan fingerprint density at radius 2 is 1.95 bits per heavy atom. The van der Waals surface area contributed by atoms with E-state index in [1.807, 2.05) is 31.2 Å². The van der Waals surface area contributed by atoms with Crippen LogP contribution in [0.25, 0.3) is 0 Å². The van der Waals surface area contributed by atoms with Crippen LogP contribution in [0.1, 0.15) is 21.5 Å². The van der Waals surface area contributed by atoms with Crippen molar-refractivity contribution in [3.05, 3.63) is 64.2 Å². The lowest BCUT2D eigenvalue weighted by Crippen LogP contribution is -2.17. The second kappa shape index (κ2) is 6.90. The van der Waals surface area contributed by atoms with E-state index in [-0.39, 0.29) is 5.91 Å². The van der Waals surface area contributed by atoms with Gasteiger partial charge in [-0.2, -0.15) is 5.10 Å². The Morgan fingerprint density at radius 1 is 1.24 bits per heavy atom. The SMILES string of the molecule is COc1ccc(/C=N/NC(=O)c2ccc(C)c(Cl)c2)cc1. The third-order valence-electron chi connectivity index (χ3n) is 2.93. The maximum atomic E-state index is 11.9. The van der Waals surface area contributed by atoms with Gasteiger partial charge in [0.2, 0.25) is 0 Å². The van der Waals surface area contributed by atoms with Crippen LogP contribution in [0.4, 0.5) is 0 Å².